The molecule has 124 valence electrons. The van der Waals surface area contributed by atoms with Crippen LogP contribution in [0, 0.1) is 24.0 Å². The highest BCUT2D eigenvalue weighted by Crippen LogP contribution is 2.23. The fourth-order valence-corrected chi connectivity index (χ4v) is 2.52. The molecule has 0 saturated heterocycles. The van der Waals surface area contributed by atoms with Gasteiger partial charge < -0.3 is 5.32 Å². The molecule has 2 rings (SSSR count). The van der Waals surface area contributed by atoms with Crippen molar-refractivity contribution >= 4 is 11.6 Å². The molecule has 0 aliphatic rings. The second-order valence-corrected chi connectivity index (χ2v) is 5.36. The highest BCUT2D eigenvalue weighted by molar-refractivity contribution is 5.96. The number of carbonyl (C=O) groups excluding carboxylic acids is 1. The Hall–Kier alpha value is -2.71. The van der Waals surface area contributed by atoms with Gasteiger partial charge in [0.15, 0.2) is 0 Å². The van der Waals surface area contributed by atoms with Crippen molar-refractivity contribution in [2.45, 2.75) is 40.3 Å². The van der Waals surface area contributed by atoms with Gasteiger partial charge in [0.2, 0.25) is 5.69 Å². The summed E-state index contributed by atoms with van der Waals surface area (Å²) in [6.45, 7) is 8.00. The minimum Gasteiger partial charge on any atom is -0.344 e. The number of amides is 1. The van der Waals surface area contributed by atoms with Crippen molar-refractivity contribution < 1.29 is 9.72 Å². The molecular weight excluding hydrogens is 300 g/mol. The largest absolute Gasteiger partial charge is 0.344 e. The number of nitro groups is 1. The van der Waals surface area contributed by atoms with E-state index in [0.717, 1.165) is 17.8 Å². The maximum Gasteiger partial charge on any atom is 0.322 e. The van der Waals surface area contributed by atoms with Gasteiger partial charge >= 0.3 is 5.69 Å². The Bertz CT molecular complexity index is 761. The minimum absolute atomic E-state index is 0.178. The standard InChI is InChI=1S/C14H20N6O3/c1-6-19-9(3)11(7-15-19)8(2)16-14(21)12-13(20(22)23)10(4)18(5)17-12/h7-8H,6H2,1-5H3,(H,16,21). The summed E-state index contributed by atoms with van der Waals surface area (Å²) in [5.41, 5.74) is 1.71. The summed E-state index contributed by atoms with van der Waals surface area (Å²) in [6.07, 6.45) is 1.70. The van der Waals surface area contributed by atoms with Crippen LogP contribution >= 0.6 is 0 Å². The Balaban J connectivity index is 2.27. The van der Waals surface area contributed by atoms with Crippen LogP contribution in [0.4, 0.5) is 5.69 Å². The lowest BCUT2D eigenvalue weighted by atomic mass is 10.1. The zero-order valence-electron chi connectivity index (χ0n) is 13.8. The molecule has 0 spiro atoms. The summed E-state index contributed by atoms with van der Waals surface area (Å²) < 4.78 is 3.16. The van der Waals surface area contributed by atoms with Gasteiger partial charge in [-0.25, -0.2) is 0 Å². The van der Waals surface area contributed by atoms with Crippen LogP contribution in [-0.4, -0.2) is 30.4 Å². The minimum atomic E-state index is -0.581. The van der Waals surface area contributed by atoms with Crippen LogP contribution in [0.1, 0.15) is 47.3 Å². The summed E-state index contributed by atoms with van der Waals surface area (Å²) in [5, 5.41) is 22.1. The first-order valence-electron chi connectivity index (χ1n) is 7.29. The van der Waals surface area contributed by atoms with Gasteiger partial charge in [0.1, 0.15) is 5.69 Å². The van der Waals surface area contributed by atoms with Crippen LogP contribution in [0.15, 0.2) is 6.20 Å². The van der Waals surface area contributed by atoms with Gasteiger partial charge in [0.25, 0.3) is 5.91 Å². The van der Waals surface area contributed by atoms with Gasteiger partial charge in [-0.2, -0.15) is 10.2 Å². The molecule has 9 nitrogen and oxygen atoms in total. The second-order valence-electron chi connectivity index (χ2n) is 5.36. The van der Waals surface area contributed by atoms with Crippen LogP contribution < -0.4 is 5.32 Å². The molecule has 0 aliphatic carbocycles. The van der Waals surface area contributed by atoms with E-state index < -0.39 is 10.8 Å². The number of carbonyl (C=O) groups is 1. The number of nitrogens with one attached hydrogen (secondary N) is 1. The zero-order valence-corrected chi connectivity index (χ0v) is 13.8. The van der Waals surface area contributed by atoms with Crippen molar-refractivity contribution in [3.05, 3.63) is 39.0 Å². The molecule has 2 heterocycles. The Morgan fingerprint density at radius 2 is 2.09 bits per heavy atom. The molecule has 1 N–H and O–H groups in total. The third-order valence-electron chi connectivity index (χ3n) is 3.95. The Morgan fingerprint density at radius 1 is 1.43 bits per heavy atom. The van der Waals surface area contributed by atoms with E-state index in [9.17, 15) is 14.9 Å². The Kier molecular flexibility index (Phi) is 4.48. The van der Waals surface area contributed by atoms with E-state index in [4.69, 9.17) is 0 Å². The van der Waals surface area contributed by atoms with Crippen molar-refractivity contribution in [3.8, 4) is 0 Å². The number of aryl methyl sites for hydroxylation is 2. The molecule has 0 radical (unpaired) electrons. The summed E-state index contributed by atoms with van der Waals surface area (Å²) >= 11 is 0. The van der Waals surface area contributed by atoms with E-state index in [2.05, 4.69) is 15.5 Å². The van der Waals surface area contributed by atoms with Crippen LogP contribution in [0.25, 0.3) is 0 Å². The van der Waals surface area contributed by atoms with E-state index in [1.165, 1.54) is 4.68 Å². The third-order valence-corrected chi connectivity index (χ3v) is 3.95. The molecule has 23 heavy (non-hydrogen) atoms. The maximum absolute atomic E-state index is 12.4. The molecule has 2 aromatic rings. The Labute approximate surface area is 133 Å². The molecule has 0 aliphatic heterocycles. The van der Waals surface area contributed by atoms with E-state index in [0.29, 0.717) is 5.69 Å². The third kappa shape index (κ3) is 2.94. The quantitative estimate of drug-likeness (QED) is 0.665. The van der Waals surface area contributed by atoms with Gasteiger partial charge in [-0.15, -0.1) is 0 Å². The summed E-state index contributed by atoms with van der Waals surface area (Å²) in [5.74, 6) is -0.573. The lowest BCUT2D eigenvalue weighted by Crippen LogP contribution is -2.28. The molecule has 9 heteroatoms. The SMILES string of the molecule is CCn1ncc(C(C)NC(=O)c2nn(C)c(C)c2[N+](=O)[O-])c1C. The lowest BCUT2D eigenvalue weighted by Gasteiger charge is -2.13. The fraction of sp³-hybridized carbons (Fsp3) is 0.500. The van der Waals surface area contributed by atoms with E-state index in [1.54, 1.807) is 20.2 Å². The highest BCUT2D eigenvalue weighted by Gasteiger charge is 2.30. The summed E-state index contributed by atoms with van der Waals surface area (Å²) in [6, 6.07) is -0.329. The molecule has 0 bridgehead atoms. The van der Waals surface area contributed by atoms with Crippen molar-refractivity contribution in [2.24, 2.45) is 7.05 Å². The maximum atomic E-state index is 12.4. The van der Waals surface area contributed by atoms with Crippen molar-refractivity contribution in [3.63, 3.8) is 0 Å². The monoisotopic (exact) mass is 320 g/mol. The fourth-order valence-electron chi connectivity index (χ4n) is 2.52. The number of hydrogen-bond acceptors (Lipinski definition) is 5. The van der Waals surface area contributed by atoms with Gasteiger partial charge in [-0.3, -0.25) is 24.3 Å². The number of hydrogen-bond donors (Lipinski definition) is 1. The normalized spacial score (nSPS) is 12.2. The highest BCUT2D eigenvalue weighted by atomic mass is 16.6. The van der Waals surface area contributed by atoms with Crippen molar-refractivity contribution in [1.82, 2.24) is 24.9 Å². The van der Waals surface area contributed by atoms with Gasteiger partial charge in [-0.05, 0) is 27.7 Å². The average molecular weight is 320 g/mol. The number of nitrogens with zero attached hydrogens (tertiary/aromatic N) is 5. The van der Waals surface area contributed by atoms with E-state index in [1.807, 2.05) is 25.5 Å². The first-order valence-corrected chi connectivity index (χ1v) is 7.29. The number of rotatable bonds is 5. The number of aromatic nitrogens is 4. The first-order chi connectivity index (χ1) is 10.8. The summed E-state index contributed by atoms with van der Waals surface area (Å²) in [4.78, 5) is 23.0. The van der Waals surface area contributed by atoms with E-state index in [-0.39, 0.29) is 17.4 Å². The van der Waals surface area contributed by atoms with Crippen molar-refractivity contribution in [1.29, 1.82) is 0 Å². The predicted octanol–water partition coefficient (Wildman–Crippen LogP) is 1.65. The van der Waals surface area contributed by atoms with Crippen LogP contribution in [0.3, 0.4) is 0 Å². The molecular formula is C14H20N6O3. The average Bonchev–Trinajstić information content (AvgIpc) is 2.99. The van der Waals surface area contributed by atoms with Gasteiger partial charge in [-0.1, -0.05) is 0 Å². The molecule has 0 fully saturated rings. The topological polar surface area (TPSA) is 108 Å². The molecule has 2 aromatic heterocycles. The summed E-state index contributed by atoms with van der Waals surface area (Å²) in [7, 11) is 1.57. The zero-order chi connectivity index (χ0) is 17.3. The van der Waals surface area contributed by atoms with Crippen molar-refractivity contribution in [2.75, 3.05) is 0 Å². The molecule has 1 atom stereocenters. The first kappa shape index (κ1) is 16.7. The van der Waals surface area contributed by atoms with Crippen LogP contribution in [-0.2, 0) is 13.6 Å². The lowest BCUT2D eigenvalue weighted by molar-refractivity contribution is -0.385. The smallest absolute Gasteiger partial charge is 0.322 e. The van der Waals surface area contributed by atoms with Crippen LogP contribution in [0.2, 0.25) is 0 Å². The molecule has 0 aromatic carbocycles. The molecule has 0 saturated carbocycles. The Morgan fingerprint density at radius 3 is 2.61 bits per heavy atom. The van der Waals surface area contributed by atoms with E-state index >= 15 is 0 Å². The second kappa shape index (κ2) is 6.19. The predicted molar refractivity (Wildman–Crippen MR) is 83.1 cm³/mol. The molecule has 1 unspecified atom stereocenters. The van der Waals surface area contributed by atoms with Gasteiger partial charge in [0.05, 0.1) is 17.2 Å². The van der Waals surface area contributed by atoms with Crippen LogP contribution in [0.5, 0.6) is 0 Å². The molecule has 1 amide bonds. The van der Waals surface area contributed by atoms with Gasteiger partial charge in [0, 0.05) is 24.8 Å².